The standard InChI is InChI=1S/C13H20N2O3/c1-18-13(17)9-4-8(9)12(16)15-5-7-2-3-11(14)10(7)6-15/h7-11H,2-6,14H2,1H3. The van der Waals surface area contributed by atoms with Gasteiger partial charge in [0, 0.05) is 19.1 Å². The fourth-order valence-electron chi connectivity index (χ4n) is 3.60. The summed E-state index contributed by atoms with van der Waals surface area (Å²) >= 11 is 0. The molecule has 5 heteroatoms. The normalized spacial score (nSPS) is 41.7. The molecule has 0 spiro atoms. The SMILES string of the molecule is COC(=O)C1CC1C(=O)N1CC2CCC(N)C2C1. The number of fused-ring (bicyclic) bond motifs is 1. The highest BCUT2D eigenvalue weighted by atomic mass is 16.5. The molecule has 0 aromatic rings. The van der Waals surface area contributed by atoms with Gasteiger partial charge in [-0.2, -0.15) is 0 Å². The maximum atomic E-state index is 12.3. The molecule has 0 aromatic heterocycles. The molecule has 0 radical (unpaired) electrons. The van der Waals surface area contributed by atoms with E-state index in [1.54, 1.807) is 0 Å². The Bertz CT molecular complexity index is 384. The van der Waals surface area contributed by atoms with Crippen LogP contribution in [0.4, 0.5) is 0 Å². The van der Waals surface area contributed by atoms with Crippen LogP contribution in [0.5, 0.6) is 0 Å². The zero-order valence-electron chi connectivity index (χ0n) is 10.7. The first-order chi connectivity index (χ1) is 8.61. The summed E-state index contributed by atoms with van der Waals surface area (Å²) in [7, 11) is 1.38. The van der Waals surface area contributed by atoms with Crippen molar-refractivity contribution in [3.8, 4) is 0 Å². The average Bonchev–Trinajstić information content (AvgIpc) is 2.94. The molecule has 3 aliphatic rings. The smallest absolute Gasteiger partial charge is 0.309 e. The van der Waals surface area contributed by atoms with Gasteiger partial charge >= 0.3 is 5.97 Å². The van der Waals surface area contributed by atoms with Crippen molar-refractivity contribution in [3.05, 3.63) is 0 Å². The maximum absolute atomic E-state index is 12.3. The first kappa shape index (κ1) is 12.0. The van der Waals surface area contributed by atoms with E-state index in [0.29, 0.717) is 18.3 Å². The van der Waals surface area contributed by atoms with Gasteiger partial charge in [0.1, 0.15) is 0 Å². The van der Waals surface area contributed by atoms with Crippen LogP contribution in [0, 0.1) is 23.7 Å². The number of nitrogens with zero attached hydrogens (tertiary/aromatic N) is 1. The molecule has 5 nitrogen and oxygen atoms in total. The third kappa shape index (κ3) is 1.81. The number of rotatable bonds is 2. The Labute approximate surface area is 107 Å². The highest BCUT2D eigenvalue weighted by molar-refractivity contribution is 5.90. The summed E-state index contributed by atoms with van der Waals surface area (Å²) in [4.78, 5) is 25.5. The van der Waals surface area contributed by atoms with Gasteiger partial charge in [0.25, 0.3) is 0 Å². The van der Waals surface area contributed by atoms with Crippen molar-refractivity contribution in [2.45, 2.75) is 25.3 Å². The van der Waals surface area contributed by atoms with E-state index in [0.717, 1.165) is 25.9 Å². The van der Waals surface area contributed by atoms with E-state index < -0.39 is 0 Å². The van der Waals surface area contributed by atoms with E-state index in [1.807, 2.05) is 4.90 Å². The van der Waals surface area contributed by atoms with Crippen molar-refractivity contribution >= 4 is 11.9 Å². The number of esters is 1. The molecule has 100 valence electrons. The second-order valence-electron chi connectivity index (χ2n) is 5.88. The molecule has 5 unspecified atom stereocenters. The van der Waals surface area contributed by atoms with Crippen LogP contribution in [-0.4, -0.2) is 43.0 Å². The Morgan fingerprint density at radius 1 is 1.22 bits per heavy atom. The number of likely N-dealkylation sites (tertiary alicyclic amines) is 1. The molecule has 0 aromatic carbocycles. The highest BCUT2D eigenvalue weighted by Gasteiger charge is 2.52. The van der Waals surface area contributed by atoms with Crippen LogP contribution < -0.4 is 5.73 Å². The summed E-state index contributed by atoms with van der Waals surface area (Å²) in [5.74, 6) is 0.615. The van der Waals surface area contributed by atoms with E-state index in [1.165, 1.54) is 7.11 Å². The van der Waals surface area contributed by atoms with Crippen molar-refractivity contribution in [2.24, 2.45) is 29.4 Å². The topological polar surface area (TPSA) is 72.6 Å². The minimum absolute atomic E-state index is 0.131. The van der Waals surface area contributed by atoms with Crippen LogP contribution in [0.1, 0.15) is 19.3 Å². The van der Waals surface area contributed by atoms with Crippen LogP contribution in [0.2, 0.25) is 0 Å². The fraction of sp³-hybridized carbons (Fsp3) is 0.846. The lowest BCUT2D eigenvalue weighted by molar-refractivity contribution is -0.144. The summed E-state index contributed by atoms with van der Waals surface area (Å²) in [6, 6.07) is 0.253. The zero-order valence-corrected chi connectivity index (χ0v) is 10.7. The van der Waals surface area contributed by atoms with E-state index >= 15 is 0 Å². The van der Waals surface area contributed by atoms with Crippen molar-refractivity contribution in [2.75, 3.05) is 20.2 Å². The van der Waals surface area contributed by atoms with Crippen LogP contribution in [0.15, 0.2) is 0 Å². The molecule has 2 aliphatic carbocycles. The van der Waals surface area contributed by atoms with Gasteiger partial charge in [-0.05, 0) is 31.1 Å². The molecular formula is C13H20N2O3. The number of carbonyl (C=O) groups is 2. The van der Waals surface area contributed by atoms with Gasteiger partial charge < -0.3 is 15.4 Å². The summed E-state index contributed by atoms with van der Waals surface area (Å²) < 4.78 is 4.68. The number of nitrogens with two attached hydrogens (primary N) is 1. The molecule has 1 heterocycles. The predicted molar refractivity (Wildman–Crippen MR) is 64.4 cm³/mol. The van der Waals surface area contributed by atoms with Gasteiger partial charge in [-0.15, -0.1) is 0 Å². The zero-order chi connectivity index (χ0) is 12.9. The molecule has 18 heavy (non-hydrogen) atoms. The van der Waals surface area contributed by atoms with Crippen LogP contribution >= 0.6 is 0 Å². The minimum Gasteiger partial charge on any atom is -0.469 e. The number of amides is 1. The lowest BCUT2D eigenvalue weighted by Gasteiger charge is -2.18. The molecule has 2 N–H and O–H groups in total. The van der Waals surface area contributed by atoms with Crippen LogP contribution in [-0.2, 0) is 14.3 Å². The Balaban J connectivity index is 1.58. The number of carbonyl (C=O) groups excluding carboxylic acids is 2. The molecular weight excluding hydrogens is 232 g/mol. The lowest BCUT2D eigenvalue weighted by Crippen LogP contribution is -2.34. The van der Waals surface area contributed by atoms with Crippen molar-refractivity contribution in [1.82, 2.24) is 4.90 Å². The molecule has 5 atom stereocenters. The number of hydrogen-bond donors (Lipinski definition) is 1. The number of hydrogen-bond acceptors (Lipinski definition) is 4. The largest absolute Gasteiger partial charge is 0.469 e. The molecule has 0 bridgehead atoms. The van der Waals surface area contributed by atoms with Crippen molar-refractivity contribution in [1.29, 1.82) is 0 Å². The fourth-order valence-corrected chi connectivity index (χ4v) is 3.60. The molecule has 1 amide bonds. The van der Waals surface area contributed by atoms with E-state index in [4.69, 9.17) is 5.73 Å². The Morgan fingerprint density at radius 2 is 2.00 bits per heavy atom. The van der Waals surface area contributed by atoms with Crippen molar-refractivity contribution in [3.63, 3.8) is 0 Å². The van der Waals surface area contributed by atoms with Crippen LogP contribution in [0.3, 0.4) is 0 Å². The third-order valence-electron chi connectivity index (χ3n) is 4.84. The first-order valence-corrected chi connectivity index (χ1v) is 6.74. The first-order valence-electron chi connectivity index (χ1n) is 6.74. The second-order valence-corrected chi connectivity index (χ2v) is 5.88. The van der Waals surface area contributed by atoms with Gasteiger partial charge in [0.2, 0.25) is 5.91 Å². The molecule has 1 aliphatic heterocycles. The monoisotopic (exact) mass is 252 g/mol. The molecule has 3 fully saturated rings. The predicted octanol–water partition coefficient (Wildman–Crippen LogP) is -0.00880. The van der Waals surface area contributed by atoms with Crippen molar-refractivity contribution < 1.29 is 14.3 Å². The van der Waals surface area contributed by atoms with E-state index in [-0.39, 0.29) is 29.8 Å². The number of methoxy groups -OCH3 is 1. The van der Waals surface area contributed by atoms with Gasteiger partial charge in [-0.1, -0.05) is 0 Å². The van der Waals surface area contributed by atoms with Gasteiger partial charge in [0.05, 0.1) is 18.9 Å². The Morgan fingerprint density at radius 3 is 2.67 bits per heavy atom. The van der Waals surface area contributed by atoms with E-state index in [2.05, 4.69) is 4.74 Å². The maximum Gasteiger partial charge on any atom is 0.309 e. The average molecular weight is 252 g/mol. The quantitative estimate of drug-likeness (QED) is 0.702. The summed E-state index contributed by atoms with van der Waals surface area (Å²) in [6.45, 7) is 1.62. The van der Waals surface area contributed by atoms with Gasteiger partial charge in [-0.25, -0.2) is 0 Å². The van der Waals surface area contributed by atoms with Gasteiger partial charge in [-0.3, -0.25) is 9.59 Å². The Hall–Kier alpha value is -1.10. The molecule has 3 rings (SSSR count). The molecule has 2 saturated carbocycles. The highest BCUT2D eigenvalue weighted by Crippen LogP contribution is 2.44. The summed E-state index contributed by atoms with van der Waals surface area (Å²) in [5.41, 5.74) is 6.06. The lowest BCUT2D eigenvalue weighted by atomic mass is 9.98. The van der Waals surface area contributed by atoms with Gasteiger partial charge in [0.15, 0.2) is 0 Å². The number of ether oxygens (including phenoxy) is 1. The third-order valence-corrected chi connectivity index (χ3v) is 4.84. The minimum atomic E-state index is -0.246. The molecule has 1 saturated heterocycles. The Kier molecular flexibility index (Phi) is 2.81. The van der Waals surface area contributed by atoms with E-state index in [9.17, 15) is 9.59 Å². The second kappa shape index (κ2) is 4.23. The summed E-state index contributed by atoms with van der Waals surface area (Å²) in [6.07, 6.45) is 2.88. The summed E-state index contributed by atoms with van der Waals surface area (Å²) in [5, 5.41) is 0. The van der Waals surface area contributed by atoms with Crippen LogP contribution in [0.25, 0.3) is 0 Å².